The minimum atomic E-state index is -0.0437. The van der Waals surface area contributed by atoms with E-state index in [9.17, 15) is 4.79 Å². The zero-order valence-electron chi connectivity index (χ0n) is 12.0. The number of hydrogen-bond acceptors (Lipinski definition) is 4. The first kappa shape index (κ1) is 14.0. The van der Waals surface area contributed by atoms with Gasteiger partial charge in [-0.05, 0) is 13.3 Å². The average molecular weight is 266 g/mol. The molecule has 1 aliphatic heterocycles. The third-order valence-corrected chi connectivity index (χ3v) is 3.65. The first-order chi connectivity index (χ1) is 9.00. The van der Waals surface area contributed by atoms with Gasteiger partial charge in [0.1, 0.15) is 5.82 Å². The van der Waals surface area contributed by atoms with E-state index in [-0.39, 0.29) is 17.9 Å². The van der Waals surface area contributed by atoms with Crippen LogP contribution in [-0.4, -0.2) is 33.4 Å². The summed E-state index contributed by atoms with van der Waals surface area (Å²) in [7, 11) is 1.93. The Hall–Kier alpha value is -1.43. The maximum absolute atomic E-state index is 12.0. The fourth-order valence-electron chi connectivity index (χ4n) is 2.41. The van der Waals surface area contributed by atoms with Crippen molar-refractivity contribution in [1.82, 2.24) is 20.1 Å². The van der Waals surface area contributed by atoms with Gasteiger partial charge in [-0.25, -0.2) is 0 Å². The molecule has 2 atom stereocenters. The van der Waals surface area contributed by atoms with E-state index in [2.05, 4.69) is 29.4 Å². The second-order valence-electron chi connectivity index (χ2n) is 5.38. The van der Waals surface area contributed by atoms with Crippen LogP contribution in [0, 0.1) is 5.92 Å². The summed E-state index contributed by atoms with van der Waals surface area (Å²) in [5.41, 5.74) is 0. The maximum atomic E-state index is 12.0. The summed E-state index contributed by atoms with van der Waals surface area (Å²) in [4.78, 5) is 12.0. The van der Waals surface area contributed by atoms with Gasteiger partial charge in [0.05, 0.1) is 18.6 Å². The van der Waals surface area contributed by atoms with Gasteiger partial charge in [-0.3, -0.25) is 4.79 Å². The van der Waals surface area contributed by atoms with E-state index in [4.69, 9.17) is 4.74 Å². The number of ether oxygens (including phenoxy) is 1. The first-order valence-electron chi connectivity index (χ1n) is 6.78. The number of nitrogens with one attached hydrogen (secondary N) is 1. The Bertz CT molecular complexity index is 455. The lowest BCUT2D eigenvalue weighted by molar-refractivity contribution is -0.126. The Labute approximate surface area is 113 Å². The number of nitrogens with zero attached hydrogens (tertiary/aromatic N) is 3. The van der Waals surface area contributed by atoms with Crippen molar-refractivity contribution < 1.29 is 9.53 Å². The summed E-state index contributed by atoms with van der Waals surface area (Å²) in [6.45, 7) is 7.17. The topological polar surface area (TPSA) is 69.0 Å². The zero-order valence-corrected chi connectivity index (χ0v) is 12.0. The van der Waals surface area contributed by atoms with Gasteiger partial charge in [0.25, 0.3) is 0 Å². The highest BCUT2D eigenvalue weighted by Crippen LogP contribution is 2.20. The Morgan fingerprint density at radius 2 is 2.26 bits per heavy atom. The summed E-state index contributed by atoms with van der Waals surface area (Å²) in [6, 6.07) is 0. The molecule has 0 spiro atoms. The number of rotatable bonds is 4. The molecule has 2 unspecified atom stereocenters. The van der Waals surface area contributed by atoms with Crippen LogP contribution in [0.15, 0.2) is 0 Å². The van der Waals surface area contributed by atoms with E-state index in [0.29, 0.717) is 19.1 Å². The Morgan fingerprint density at radius 1 is 1.53 bits per heavy atom. The first-order valence-corrected chi connectivity index (χ1v) is 6.78. The summed E-state index contributed by atoms with van der Waals surface area (Å²) in [5, 5.41) is 11.2. The van der Waals surface area contributed by atoms with E-state index in [1.807, 2.05) is 18.5 Å². The lowest BCUT2D eigenvalue weighted by Gasteiger charge is -2.14. The second-order valence-corrected chi connectivity index (χ2v) is 5.38. The van der Waals surface area contributed by atoms with Crippen LogP contribution in [0.2, 0.25) is 0 Å². The van der Waals surface area contributed by atoms with Crippen molar-refractivity contribution in [3.8, 4) is 0 Å². The van der Waals surface area contributed by atoms with Crippen LogP contribution in [0.3, 0.4) is 0 Å². The highest BCUT2D eigenvalue weighted by atomic mass is 16.5. The molecular weight excluding hydrogens is 244 g/mol. The van der Waals surface area contributed by atoms with Crippen LogP contribution in [-0.2, 0) is 23.1 Å². The Morgan fingerprint density at radius 3 is 2.79 bits per heavy atom. The van der Waals surface area contributed by atoms with Crippen molar-refractivity contribution in [2.45, 2.75) is 45.8 Å². The fraction of sp³-hybridized carbons (Fsp3) is 0.769. The van der Waals surface area contributed by atoms with Gasteiger partial charge in [-0.2, -0.15) is 0 Å². The molecule has 1 amide bonds. The number of carbonyl (C=O) groups is 1. The highest BCUT2D eigenvalue weighted by Gasteiger charge is 2.30. The smallest absolute Gasteiger partial charge is 0.226 e. The van der Waals surface area contributed by atoms with Gasteiger partial charge in [0.15, 0.2) is 5.82 Å². The molecule has 2 heterocycles. The van der Waals surface area contributed by atoms with Crippen LogP contribution in [0.5, 0.6) is 0 Å². The number of hydrogen-bond donors (Lipinski definition) is 1. The molecule has 0 saturated carbocycles. The van der Waals surface area contributed by atoms with Crippen LogP contribution < -0.4 is 5.32 Å². The molecule has 0 aromatic carbocycles. The predicted molar refractivity (Wildman–Crippen MR) is 70.5 cm³/mol. The van der Waals surface area contributed by atoms with Gasteiger partial charge in [0, 0.05) is 19.6 Å². The number of amides is 1. The molecule has 1 fully saturated rings. The Kier molecular flexibility index (Phi) is 4.19. The molecule has 0 radical (unpaired) electrons. The largest absolute Gasteiger partial charge is 0.378 e. The summed E-state index contributed by atoms with van der Waals surface area (Å²) < 4.78 is 7.35. The standard InChI is InChI=1S/C13H22N4O2/c1-8(2)12-16-15-11(17(12)4)7-14-13(18)10-5-6-19-9(10)3/h8-10H,5-7H2,1-4H3,(H,14,18). The average Bonchev–Trinajstić information content (AvgIpc) is 2.93. The van der Waals surface area contributed by atoms with E-state index in [0.717, 1.165) is 18.1 Å². The fourth-order valence-corrected chi connectivity index (χ4v) is 2.41. The Balaban J connectivity index is 1.93. The maximum Gasteiger partial charge on any atom is 0.226 e. The van der Waals surface area contributed by atoms with E-state index in [1.165, 1.54) is 0 Å². The van der Waals surface area contributed by atoms with Crippen LogP contribution in [0.25, 0.3) is 0 Å². The third-order valence-electron chi connectivity index (χ3n) is 3.65. The molecule has 2 rings (SSSR count). The summed E-state index contributed by atoms with van der Waals surface area (Å²) in [6.07, 6.45) is 0.800. The lowest BCUT2D eigenvalue weighted by Crippen LogP contribution is -2.34. The molecule has 19 heavy (non-hydrogen) atoms. The van der Waals surface area contributed by atoms with Crippen LogP contribution in [0.1, 0.15) is 44.8 Å². The lowest BCUT2D eigenvalue weighted by atomic mass is 10.0. The third kappa shape index (κ3) is 2.94. The van der Waals surface area contributed by atoms with Crippen molar-refractivity contribution >= 4 is 5.91 Å². The van der Waals surface area contributed by atoms with Crippen LogP contribution >= 0.6 is 0 Å². The van der Waals surface area contributed by atoms with Crippen molar-refractivity contribution in [1.29, 1.82) is 0 Å². The molecule has 0 bridgehead atoms. The molecule has 1 N–H and O–H groups in total. The predicted octanol–water partition coefficient (Wildman–Crippen LogP) is 0.980. The van der Waals surface area contributed by atoms with Gasteiger partial charge in [0.2, 0.25) is 5.91 Å². The highest BCUT2D eigenvalue weighted by molar-refractivity contribution is 5.79. The molecule has 106 valence electrons. The van der Waals surface area contributed by atoms with Gasteiger partial charge in [-0.15, -0.1) is 10.2 Å². The van der Waals surface area contributed by atoms with Crippen molar-refractivity contribution in [2.24, 2.45) is 13.0 Å². The van der Waals surface area contributed by atoms with Gasteiger partial charge >= 0.3 is 0 Å². The second kappa shape index (κ2) is 5.69. The van der Waals surface area contributed by atoms with Crippen molar-refractivity contribution in [3.05, 3.63) is 11.6 Å². The molecule has 1 aromatic rings. The molecule has 1 aliphatic rings. The van der Waals surface area contributed by atoms with Gasteiger partial charge in [-0.1, -0.05) is 13.8 Å². The normalized spacial score (nSPS) is 23.0. The van der Waals surface area contributed by atoms with E-state index in [1.54, 1.807) is 0 Å². The molecular formula is C13H22N4O2. The van der Waals surface area contributed by atoms with Gasteiger partial charge < -0.3 is 14.6 Å². The van der Waals surface area contributed by atoms with Crippen molar-refractivity contribution in [2.75, 3.05) is 6.61 Å². The van der Waals surface area contributed by atoms with E-state index >= 15 is 0 Å². The molecule has 1 saturated heterocycles. The minimum Gasteiger partial charge on any atom is -0.378 e. The quantitative estimate of drug-likeness (QED) is 0.882. The zero-order chi connectivity index (χ0) is 14.0. The number of aromatic nitrogens is 3. The monoisotopic (exact) mass is 266 g/mol. The molecule has 0 aliphatic carbocycles. The summed E-state index contributed by atoms with van der Waals surface area (Å²) >= 11 is 0. The van der Waals surface area contributed by atoms with Crippen LogP contribution in [0.4, 0.5) is 0 Å². The molecule has 6 nitrogen and oxygen atoms in total. The number of carbonyl (C=O) groups excluding carboxylic acids is 1. The van der Waals surface area contributed by atoms with Crippen molar-refractivity contribution in [3.63, 3.8) is 0 Å². The SMILES string of the molecule is CC(C)c1nnc(CNC(=O)C2CCOC2C)n1C. The summed E-state index contributed by atoms with van der Waals surface area (Å²) in [5.74, 6) is 2.03. The molecule has 1 aromatic heterocycles. The van der Waals surface area contributed by atoms with E-state index < -0.39 is 0 Å². The molecule has 6 heteroatoms. The minimum absolute atomic E-state index is 0.00530.